The molecule has 0 heterocycles. The van der Waals surface area contributed by atoms with Crippen LogP contribution in [0.3, 0.4) is 0 Å². The maximum Gasteiger partial charge on any atom is 2.00 e. The number of carbonyl (C=O) groups is 2. The Balaban J connectivity index is -0.000000209. The van der Waals surface area contributed by atoms with Crippen LogP contribution in [0, 0.1) is 0 Å². The molecule has 0 radical (unpaired) electrons. The smallest absolute Gasteiger partial charge is 2.00 e. The molecule has 0 aromatic rings. The van der Waals surface area contributed by atoms with E-state index in [4.69, 9.17) is 20.1 Å². The van der Waals surface area contributed by atoms with Crippen molar-refractivity contribution in [3.05, 3.63) is 0 Å². The van der Waals surface area contributed by atoms with Gasteiger partial charge in [0.2, 0.25) is 0 Å². The zero-order valence-electron chi connectivity index (χ0n) is 17.2. The summed E-state index contributed by atoms with van der Waals surface area (Å²) in [5.74, 6) is -0.653. The van der Waals surface area contributed by atoms with Gasteiger partial charge < -0.3 is 25.6 Å². The fourth-order valence-corrected chi connectivity index (χ4v) is 2.65. The Kier molecular flexibility index (Phi) is 48.3. The summed E-state index contributed by atoms with van der Waals surface area (Å²) in [7, 11) is 0. The molecule has 0 unspecified atom stereocenters. The van der Waals surface area contributed by atoms with Gasteiger partial charge in [0.1, 0.15) is 0 Å². The Bertz CT molecular complexity index is 289. The standard InChI is InChI=1S/C18H36O2.CH2O3.Ca.O.Zn/c1-2-3-4-5-6-7-8-9-10-11-12-13-14-15-16-17-18(19)20;2-1(3)4;;;/h2-17H2,1H3,(H,19,20);(H2,2,3,4);;;/q;;+2;-2;+2/p-2. The summed E-state index contributed by atoms with van der Waals surface area (Å²) in [6.45, 7) is 2.27. The van der Waals surface area contributed by atoms with Crippen LogP contribution in [0.15, 0.2) is 0 Å². The van der Waals surface area contributed by atoms with E-state index in [-0.39, 0.29) is 62.7 Å². The number of hydrogen-bond donors (Lipinski definition) is 1. The van der Waals surface area contributed by atoms with Gasteiger partial charge in [-0.05, 0) is 12.6 Å². The van der Waals surface area contributed by atoms with Crippen LogP contribution in [0.4, 0.5) is 4.79 Å². The maximum absolute atomic E-state index is 10.3. The van der Waals surface area contributed by atoms with E-state index >= 15 is 0 Å². The van der Waals surface area contributed by atoms with Crippen LogP contribution < -0.4 is 10.2 Å². The van der Waals surface area contributed by atoms with Crippen molar-refractivity contribution in [1.82, 2.24) is 0 Å². The van der Waals surface area contributed by atoms with Crippen LogP contribution in [0.2, 0.25) is 0 Å². The van der Waals surface area contributed by atoms with Gasteiger partial charge in [0.05, 0.1) is 0 Å². The molecule has 0 atom stereocenters. The van der Waals surface area contributed by atoms with Gasteiger partial charge in [0.25, 0.3) is 0 Å². The van der Waals surface area contributed by atoms with Gasteiger partial charge in [-0.1, -0.05) is 96.8 Å². The minimum Gasteiger partial charge on any atom is -2.00 e. The summed E-state index contributed by atoms with van der Waals surface area (Å²) in [4.78, 5) is 18.7. The van der Waals surface area contributed by atoms with Crippen LogP contribution >= 0.6 is 0 Å². The van der Waals surface area contributed by atoms with E-state index < -0.39 is 12.1 Å². The molecule has 0 aromatic heterocycles. The summed E-state index contributed by atoms with van der Waals surface area (Å²) in [6, 6.07) is 0. The minimum atomic E-state index is -2.33. The minimum absolute atomic E-state index is 0. The third-order valence-electron chi connectivity index (χ3n) is 3.99. The van der Waals surface area contributed by atoms with Crippen molar-refractivity contribution < 1.29 is 49.9 Å². The zero-order chi connectivity index (χ0) is 18.5. The van der Waals surface area contributed by atoms with Crippen LogP contribution in [-0.2, 0) is 29.7 Å². The molecular weight excluding hydrogens is 430 g/mol. The molecule has 0 saturated carbocycles. The first kappa shape index (κ1) is 38.2. The number of aliphatic carboxylic acids is 1. The van der Waals surface area contributed by atoms with Crippen molar-refractivity contribution in [2.75, 3.05) is 0 Å². The Labute approximate surface area is 207 Å². The first-order chi connectivity index (χ1) is 11.5. The van der Waals surface area contributed by atoms with Gasteiger partial charge in [-0.15, -0.1) is 0 Å². The molecule has 152 valence electrons. The molecular formula is C19H36CaO6Zn. The Hall–Kier alpha value is 0.583. The van der Waals surface area contributed by atoms with E-state index in [1.54, 1.807) is 0 Å². The number of carboxylic acids is 1. The molecule has 0 spiro atoms. The predicted molar refractivity (Wildman–Crippen MR) is 99.0 cm³/mol. The van der Waals surface area contributed by atoms with Crippen LogP contribution in [0.5, 0.6) is 0 Å². The third kappa shape index (κ3) is 52.0. The summed E-state index contributed by atoms with van der Waals surface area (Å²) in [6.07, 6.45) is 17.9. The predicted octanol–water partition coefficient (Wildman–Crippen LogP) is 3.38. The number of unbranched alkanes of at least 4 members (excludes halogenated alkanes) is 14. The quantitative estimate of drug-likeness (QED) is 0.276. The van der Waals surface area contributed by atoms with Gasteiger partial charge in [-0.3, -0.25) is 4.79 Å². The van der Waals surface area contributed by atoms with Crippen LogP contribution in [-0.4, -0.2) is 55.0 Å². The second kappa shape index (κ2) is 34.1. The molecule has 0 saturated heterocycles. The SMILES string of the molecule is CCCCCCCCCCCCCCCCCC(=O)O.O=C([O-])[O-].[Ca+2].[O-2].[Zn+2]. The molecule has 1 N–H and O–H groups in total. The van der Waals surface area contributed by atoms with Crippen molar-refractivity contribution in [3.63, 3.8) is 0 Å². The molecule has 0 amide bonds. The van der Waals surface area contributed by atoms with Gasteiger partial charge >= 0.3 is 63.2 Å². The van der Waals surface area contributed by atoms with Gasteiger partial charge in [0, 0.05) is 6.42 Å². The number of carboxylic acid groups (broad SMARTS) is 3. The molecule has 6 nitrogen and oxygen atoms in total. The zero-order valence-corrected chi connectivity index (χ0v) is 22.4. The Morgan fingerprint density at radius 1 is 0.667 bits per heavy atom. The fourth-order valence-electron chi connectivity index (χ4n) is 2.65. The summed E-state index contributed by atoms with van der Waals surface area (Å²) >= 11 is 0. The maximum atomic E-state index is 10.3. The van der Waals surface area contributed by atoms with Crippen molar-refractivity contribution >= 4 is 49.9 Å². The first-order valence-electron chi connectivity index (χ1n) is 9.60. The van der Waals surface area contributed by atoms with Crippen molar-refractivity contribution in [2.45, 2.75) is 110 Å². The van der Waals surface area contributed by atoms with Crippen LogP contribution in [0.25, 0.3) is 0 Å². The average Bonchev–Trinajstić information content (AvgIpc) is 2.50. The number of carbonyl (C=O) groups excluding carboxylic acids is 1. The topological polar surface area (TPSA) is 129 Å². The molecule has 0 aliphatic heterocycles. The van der Waals surface area contributed by atoms with Crippen molar-refractivity contribution in [3.8, 4) is 0 Å². The number of hydrogen-bond acceptors (Lipinski definition) is 4. The third-order valence-corrected chi connectivity index (χ3v) is 3.99. The molecule has 0 bridgehead atoms. The van der Waals surface area contributed by atoms with E-state index in [1.807, 2.05) is 0 Å². The van der Waals surface area contributed by atoms with Crippen molar-refractivity contribution in [1.29, 1.82) is 0 Å². The van der Waals surface area contributed by atoms with E-state index in [1.165, 1.54) is 83.5 Å². The van der Waals surface area contributed by atoms with Crippen LogP contribution in [0.1, 0.15) is 110 Å². The van der Waals surface area contributed by atoms with E-state index in [2.05, 4.69) is 6.92 Å². The average molecular weight is 466 g/mol. The Morgan fingerprint density at radius 2 is 0.889 bits per heavy atom. The largest absolute Gasteiger partial charge is 2.00 e. The monoisotopic (exact) mass is 464 g/mol. The molecule has 0 rings (SSSR count). The first-order valence-corrected chi connectivity index (χ1v) is 9.60. The molecule has 0 aliphatic rings. The second-order valence-electron chi connectivity index (χ2n) is 6.34. The van der Waals surface area contributed by atoms with Crippen molar-refractivity contribution in [2.24, 2.45) is 0 Å². The normalized spacial score (nSPS) is 8.93. The summed E-state index contributed by atoms with van der Waals surface area (Å²) < 4.78 is 0. The van der Waals surface area contributed by atoms with E-state index in [0.717, 1.165) is 12.8 Å². The summed E-state index contributed by atoms with van der Waals surface area (Å²) in [5.41, 5.74) is 0. The molecule has 0 fully saturated rings. The van der Waals surface area contributed by atoms with E-state index in [9.17, 15) is 4.79 Å². The van der Waals surface area contributed by atoms with Gasteiger partial charge in [-0.2, -0.15) is 0 Å². The fraction of sp³-hybridized carbons (Fsp3) is 0.895. The molecule has 8 heteroatoms. The second-order valence-corrected chi connectivity index (χ2v) is 6.34. The van der Waals surface area contributed by atoms with Gasteiger partial charge in [-0.25, -0.2) is 0 Å². The Morgan fingerprint density at radius 3 is 1.11 bits per heavy atom. The van der Waals surface area contributed by atoms with Gasteiger partial charge in [0.15, 0.2) is 0 Å². The molecule has 0 aliphatic carbocycles. The number of rotatable bonds is 16. The van der Waals surface area contributed by atoms with E-state index in [0.29, 0.717) is 6.42 Å². The molecule has 0 aromatic carbocycles. The molecule has 27 heavy (non-hydrogen) atoms. The summed E-state index contributed by atoms with van der Waals surface area (Å²) in [5, 5.41) is 25.2.